The molecular weight excluding hydrogens is 245 g/mol. The third kappa shape index (κ3) is 3.77. The number of piperidine rings is 1. The zero-order valence-electron chi connectivity index (χ0n) is 11.2. The fourth-order valence-corrected chi connectivity index (χ4v) is 2.51. The van der Waals surface area contributed by atoms with E-state index in [4.69, 9.17) is 4.74 Å². The maximum absolute atomic E-state index is 13.2. The van der Waals surface area contributed by atoms with Crippen LogP contribution in [-0.2, 0) is 0 Å². The Morgan fingerprint density at radius 1 is 1.47 bits per heavy atom. The second-order valence-corrected chi connectivity index (χ2v) is 4.95. The predicted molar refractivity (Wildman–Crippen MR) is 72.2 cm³/mol. The average molecular weight is 265 g/mol. The number of halogens is 1. The first kappa shape index (κ1) is 14.0. The summed E-state index contributed by atoms with van der Waals surface area (Å²) in [7, 11) is 1.49. The second-order valence-electron chi connectivity index (χ2n) is 4.95. The van der Waals surface area contributed by atoms with Gasteiger partial charge < -0.3 is 10.1 Å². The summed E-state index contributed by atoms with van der Waals surface area (Å²) < 4.78 is 18.3. The normalized spacial score (nSPS) is 19.2. The number of nitrogens with one attached hydrogen (secondary N) is 1. The summed E-state index contributed by atoms with van der Waals surface area (Å²) in [4.78, 5) is 12.1. The van der Waals surface area contributed by atoms with E-state index < -0.39 is 5.82 Å². The molecule has 0 radical (unpaired) electrons. The van der Waals surface area contributed by atoms with Gasteiger partial charge >= 0.3 is 0 Å². The molecule has 0 spiro atoms. The van der Waals surface area contributed by atoms with E-state index in [1.54, 1.807) is 0 Å². The number of methoxy groups -OCH3 is 1. The van der Waals surface area contributed by atoms with Gasteiger partial charge in [0.15, 0.2) is 5.78 Å². The van der Waals surface area contributed by atoms with E-state index in [1.807, 2.05) is 0 Å². The first-order valence-corrected chi connectivity index (χ1v) is 6.81. The Bertz CT molecular complexity index is 442. The van der Waals surface area contributed by atoms with E-state index in [0.717, 1.165) is 19.4 Å². The number of Topliss-reactive ketones (excluding diaryl/α,β-unsaturated/α-hetero) is 1. The van der Waals surface area contributed by atoms with Crippen molar-refractivity contribution in [2.45, 2.75) is 38.1 Å². The Balaban J connectivity index is 1.97. The summed E-state index contributed by atoms with van der Waals surface area (Å²) in [5.41, 5.74) is 0.346. The van der Waals surface area contributed by atoms with Crippen LogP contribution in [0.5, 0.6) is 5.75 Å². The van der Waals surface area contributed by atoms with Gasteiger partial charge in [0.05, 0.1) is 12.7 Å². The Kier molecular flexibility index (Phi) is 4.91. The Hall–Kier alpha value is -1.42. The summed E-state index contributed by atoms with van der Waals surface area (Å²) >= 11 is 0. The molecule has 19 heavy (non-hydrogen) atoms. The van der Waals surface area contributed by atoms with Crippen molar-refractivity contribution in [1.29, 1.82) is 0 Å². The second kappa shape index (κ2) is 6.66. The van der Waals surface area contributed by atoms with Crippen LogP contribution >= 0.6 is 0 Å². The van der Waals surface area contributed by atoms with E-state index >= 15 is 0 Å². The highest BCUT2D eigenvalue weighted by molar-refractivity contribution is 5.98. The van der Waals surface area contributed by atoms with Gasteiger partial charge in [-0.15, -0.1) is 0 Å². The standard InChI is InChI=1S/C15H20FNO2/c1-19-15-8-5-11(16)10-13(15)14(18)7-6-12-4-2-3-9-17-12/h5,8,10,12,17H,2-4,6-7,9H2,1H3. The first-order chi connectivity index (χ1) is 9.20. The molecule has 3 nitrogen and oxygen atoms in total. The molecule has 1 N–H and O–H groups in total. The van der Waals surface area contributed by atoms with E-state index in [2.05, 4.69) is 5.32 Å². The monoisotopic (exact) mass is 265 g/mol. The fourth-order valence-electron chi connectivity index (χ4n) is 2.51. The van der Waals surface area contributed by atoms with E-state index in [9.17, 15) is 9.18 Å². The fraction of sp³-hybridized carbons (Fsp3) is 0.533. The molecule has 1 aromatic rings. The average Bonchev–Trinajstić information content (AvgIpc) is 2.46. The lowest BCUT2D eigenvalue weighted by Crippen LogP contribution is -2.34. The Morgan fingerprint density at radius 3 is 3.00 bits per heavy atom. The number of carbonyl (C=O) groups is 1. The molecule has 1 heterocycles. The maximum atomic E-state index is 13.2. The van der Waals surface area contributed by atoms with E-state index in [1.165, 1.54) is 38.2 Å². The number of rotatable bonds is 5. The van der Waals surface area contributed by atoms with Gasteiger partial charge in [-0.3, -0.25) is 4.79 Å². The quantitative estimate of drug-likeness (QED) is 0.832. The molecule has 0 aromatic heterocycles. The molecule has 0 bridgehead atoms. The van der Waals surface area contributed by atoms with Crippen LogP contribution in [0.1, 0.15) is 42.5 Å². The SMILES string of the molecule is COc1ccc(F)cc1C(=O)CCC1CCCCN1. The van der Waals surface area contributed by atoms with Crippen molar-refractivity contribution in [3.63, 3.8) is 0 Å². The highest BCUT2D eigenvalue weighted by atomic mass is 19.1. The molecule has 0 saturated carbocycles. The van der Waals surface area contributed by atoms with Crippen molar-refractivity contribution in [2.75, 3.05) is 13.7 Å². The van der Waals surface area contributed by atoms with Crippen molar-refractivity contribution in [2.24, 2.45) is 0 Å². The van der Waals surface area contributed by atoms with Gasteiger partial charge in [-0.2, -0.15) is 0 Å². The molecule has 0 aliphatic carbocycles. The molecule has 1 aliphatic heterocycles. The molecule has 1 unspecified atom stereocenters. The number of carbonyl (C=O) groups excluding carboxylic acids is 1. The summed E-state index contributed by atoms with van der Waals surface area (Å²) in [6.07, 6.45) is 4.78. The summed E-state index contributed by atoms with van der Waals surface area (Å²) in [5.74, 6) is -0.00771. The zero-order chi connectivity index (χ0) is 13.7. The number of hydrogen-bond donors (Lipinski definition) is 1. The van der Waals surface area contributed by atoms with Crippen molar-refractivity contribution in [3.05, 3.63) is 29.6 Å². The Labute approximate surface area is 113 Å². The van der Waals surface area contributed by atoms with Crippen LogP contribution in [-0.4, -0.2) is 25.5 Å². The number of hydrogen-bond acceptors (Lipinski definition) is 3. The number of ketones is 1. The Morgan fingerprint density at radius 2 is 2.32 bits per heavy atom. The van der Waals surface area contributed by atoms with Crippen LogP contribution in [0.2, 0.25) is 0 Å². The van der Waals surface area contributed by atoms with Gasteiger partial charge in [0.25, 0.3) is 0 Å². The molecule has 1 fully saturated rings. The van der Waals surface area contributed by atoms with Crippen molar-refractivity contribution < 1.29 is 13.9 Å². The molecule has 0 amide bonds. The smallest absolute Gasteiger partial charge is 0.166 e. The van der Waals surface area contributed by atoms with Gasteiger partial charge in [0.1, 0.15) is 11.6 Å². The van der Waals surface area contributed by atoms with Crippen LogP contribution in [0.15, 0.2) is 18.2 Å². The van der Waals surface area contributed by atoms with Gasteiger partial charge in [-0.05, 0) is 44.0 Å². The lowest BCUT2D eigenvalue weighted by Gasteiger charge is -2.23. The van der Waals surface area contributed by atoms with Gasteiger partial charge in [0.2, 0.25) is 0 Å². The minimum absolute atomic E-state index is 0.0521. The van der Waals surface area contributed by atoms with Crippen LogP contribution < -0.4 is 10.1 Å². The third-order valence-electron chi connectivity index (χ3n) is 3.59. The van der Waals surface area contributed by atoms with Crippen LogP contribution in [0.4, 0.5) is 4.39 Å². The van der Waals surface area contributed by atoms with Crippen LogP contribution in [0.3, 0.4) is 0 Å². The largest absolute Gasteiger partial charge is 0.496 e. The molecule has 1 saturated heterocycles. The minimum atomic E-state index is -0.403. The van der Waals surface area contributed by atoms with Crippen LogP contribution in [0, 0.1) is 5.82 Å². The minimum Gasteiger partial charge on any atom is -0.496 e. The number of benzene rings is 1. The highest BCUT2D eigenvalue weighted by Gasteiger charge is 2.17. The maximum Gasteiger partial charge on any atom is 0.166 e. The number of ether oxygens (including phenoxy) is 1. The zero-order valence-corrected chi connectivity index (χ0v) is 11.2. The van der Waals surface area contributed by atoms with Gasteiger partial charge in [-0.1, -0.05) is 6.42 Å². The van der Waals surface area contributed by atoms with Gasteiger partial charge in [-0.25, -0.2) is 4.39 Å². The molecule has 4 heteroatoms. The lowest BCUT2D eigenvalue weighted by atomic mass is 9.97. The van der Waals surface area contributed by atoms with Crippen LogP contribution in [0.25, 0.3) is 0 Å². The summed E-state index contributed by atoms with van der Waals surface area (Å²) in [5, 5.41) is 3.41. The molecule has 104 valence electrons. The highest BCUT2D eigenvalue weighted by Crippen LogP contribution is 2.22. The van der Waals surface area contributed by atoms with E-state index in [-0.39, 0.29) is 5.78 Å². The molecule has 2 rings (SSSR count). The first-order valence-electron chi connectivity index (χ1n) is 6.81. The molecule has 1 atom stereocenters. The van der Waals surface area contributed by atoms with Gasteiger partial charge in [0, 0.05) is 12.5 Å². The van der Waals surface area contributed by atoms with Crippen molar-refractivity contribution in [3.8, 4) is 5.75 Å². The molecule has 1 aromatic carbocycles. The van der Waals surface area contributed by atoms with E-state index in [0.29, 0.717) is 23.8 Å². The predicted octanol–water partition coefficient (Wildman–Crippen LogP) is 2.94. The summed E-state index contributed by atoms with van der Waals surface area (Å²) in [6.45, 7) is 1.03. The molecular formula is C15H20FNO2. The summed E-state index contributed by atoms with van der Waals surface area (Å²) in [6, 6.07) is 4.48. The lowest BCUT2D eigenvalue weighted by molar-refractivity contribution is 0.0970. The third-order valence-corrected chi connectivity index (χ3v) is 3.59. The molecule has 1 aliphatic rings. The van der Waals surface area contributed by atoms with Crippen molar-refractivity contribution >= 4 is 5.78 Å². The topological polar surface area (TPSA) is 38.3 Å². The van der Waals surface area contributed by atoms with Crippen molar-refractivity contribution in [1.82, 2.24) is 5.32 Å².